The Bertz CT molecular complexity index is 1700. The quantitative estimate of drug-likeness (QED) is 0.180. The number of nitrogens with two attached hydrogens (primary N) is 1. The van der Waals surface area contributed by atoms with Gasteiger partial charge in [0.2, 0.25) is 10.0 Å². The molecule has 2 aliphatic rings. The van der Waals surface area contributed by atoms with Crippen LogP contribution in [0, 0.1) is 11.6 Å². The van der Waals surface area contributed by atoms with Crippen LogP contribution in [0.4, 0.5) is 19.3 Å². The van der Waals surface area contributed by atoms with Crippen LogP contribution in [0.25, 0.3) is 0 Å². The van der Waals surface area contributed by atoms with Crippen LogP contribution in [0.5, 0.6) is 11.5 Å². The van der Waals surface area contributed by atoms with E-state index in [0.29, 0.717) is 63.0 Å². The Hall–Kier alpha value is -4.11. The third-order valence-corrected chi connectivity index (χ3v) is 10.4. The Balaban J connectivity index is 1.14. The highest BCUT2D eigenvalue weighted by Crippen LogP contribution is 2.28. The highest BCUT2D eigenvalue weighted by Gasteiger charge is 2.29. The van der Waals surface area contributed by atoms with Crippen molar-refractivity contribution in [1.29, 1.82) is 0 Å². The number of piperidine rings is 1. The largest absolute Gasteiger partial charge is 0.457 e. The van der Waals surface area contributed by atoms with Crippen LogP contribution in [0.15, 0.2) is 65.6 Å². The molecule has 2 unspecified atom stereocenters. The Morgan fingerprint density at radius 3 is 2.29 bits per heavy atom. The summed E-state index contributed by atoms with van der Waals surface area (Å²) in [6, 6.07) is 14.8. The maximum atomic E-state index is 14.3. The molecule has 0 aliphatic carbocycles. The molecule has 14 heteroatoms. The maximum absolute atomic E-state index is 14.3. The number of carbonyl (C=O) groups is 2. The zero-order valence-corrected chi connectivity index (χ0v) is 28.2. The van der Waals surface area contributed by atoms with Gasteiger partial charge < -0.3 is 25.8 Å². The average molecular weight is 700 g/mol. The van der Waals surface area contributed by atoms with E-state index in [1.165, 1.54) is 12.1 Å². The maximum Gasteiger partial charge on any atom is 0.319 e. The van der Waals surface area contributed by atoms with Crippen LogP contribution >= 0.6 is 0 Å². The summed E-state index contributed by atoms with van der Waals surface area (Å²) in [6.07, 6.45) is 5.67. The van der Waals surface area contributed by atoms with Crippen molar-refractivity contribution in [3.8, 4) is 11.5 Å². The lowest BCUT2D eigenvalue weighted by molar-refractivity contribution is 0.0832. The lowest BCUT2D eigenvalue weighted by Gasteiger charge is -2.40. The number of nitrogens with one attached hydrogen (secondary N) is 3. The summed E-state index contributed by atoms with van der Waals surface area (Å²) >= 11 is 0. The van der Waals surface area contributed by atoms with Crippen LogP contribution in [-0.4, -0.2) is 63.1 Å². The van der Waals surface area contributed by atoms with Crippen molar-refractivity contribution in [2.24, 2.45) is 5.73 Å². The smallest absolute Gasteiger partial charge is 0.319 e. The minimum absolute atomic E-state index is 0.133. The second-order valence-electron chi connectivity index (χ2n) is 12.5. The predicted octanol–water partition coefficient (Wildman–Crippen LogP) is 5.66. The molecule has 0 bridgehead atoms. The molecule has 2 fully saturated rings. The fourth-order valence-corrected chi connectivity index (χ4v) is 7.48. The first-order valence-electron chi connectivity index (χ1n) is 16.6. The number of primary amides is 1. The van der Waals surface area contributed by atoms with Crippen LogP contribution < -0.4 is 25.8 Å². The summed E-state index contributed by atoms with van der Waals surface area (Å²) in [4.78, 5) is 26.8. The number of halogens is 2. The first-order chi connectivity index (χ1) is 23.5. The molecule has 2 aliphatic heterocycles. The Morgan fingerprint density at radius 1 is 0.959 bits per heavy atom. The van der Waals surface area contributed by atoms with Gasteiger partial charge in [-0.3, -0.25) is 9.69 Å². The van der Waals surface area contributed by atoms with Gasteiger partial charge in [0.25, 0.3) is 5.91 Å². The SMILES string of the molecule is CCCCC1CC(NC(=O)Nc2cc(C(N)=O)c(F)cc2F)CCN1Cc1ccc(Oc2ccc(S(=O)(=O)NC3CCOCC3)cc2)cc1. The molecule has 49 heavy (non-hydrogen) atoms. The van der Waals surface area contributed by atoms with Crippen molar-refractivity contribution >= 4 is 27.6 Å². The number of ether oxygens (including phenoxy) is 2. The molecule has 3 amide bonds. The molecule has 0 saturated carbocycles. The summed E-state index contributed by atoms with van der Waals surface area (Å²) in [5.74, 6) is -2.02. The standard InChI is InChI=1S/C35H43F2N5O6S/c1-2-3-4-26-19-25(39-35(44)40-33-20-30(34(38)43)31(36)21-32(33)37)13-16-42(26)22-23-5-7-27(8-6-23)48-28-9-11-29(12-10-28)49(45,46)41-24-14-17-47-18-15-24/h5-12,20-21,24-26,41H,2-4,13-19,22H2,1H3,(H2,38,43)(H2,39,40,44). The number of hydrogen-bond donors (Lipinski definition) is 4. The molecule has 5 N–H and O–H groups in total. The lowest BCUT2D eigenvalue weighted by Crippen LogP contribution is -2.50. The van der Waals surface area contributed by atoms with Gasteiger partial charge in [-0.25, -0.2) is 26.7 Å². The number of benzene rings is 3. The van der Waals surface area contributed by atoms with Crippen LogP contribution in [0.2, 0.25) is 0 Å². The van der Waals surface area contributed by atoms with E-state index in [9.17, 15) is 26.8 Å². The van der Waals surface area contributed by atoms with E-state index in [1.807, 2.05) is 24.3 Å². The number of amides is 3. The number of hydrogen-bond acceptors (Lipinski definition) is 7. The molecule has 2 heterocycles. The fourth-order valence-electron chi connectivity index (χ4n) is 6.18. The first kappa shape index (κ1) is 36.2. The van der Waals surface area contributed by atoms with Crippen molar-refractivity contribution in [2.75, 3.05) is 25.1 Å². The van der Waals surface area contributed by atoms with Crippen LogP contribution in [0.3, 0.4) is 0 Å². The van der Waals surface area contributed by atoms with Gasteiger partial charge in [0.15, 0.2) is 0 Å². The second kappa shape index (κ2) is 16.5. The monoisotopic (exact) mass is 699 g/mol. The zero-order valence-electron chi connectivity index (χ0n) is 27.4. The van der Waals surface area contributed by atoms with Crippen molar-refractivity contribution in [3.05, 3.63) is 83.4 Å². The average Bonchev–Trinajstić information content (AvgIpc) is 3.07. The highest BCUT2D eigenvalue weighted by atomic mass is 32.2. The van der Waals surface area contributed by atoms with Crippen LogP contribution in [0.1, 0.15) is 67.8 Å². The summed E-state index contributed by atoms with van der Waals surface area (Å²) in [5, 5.41) is 5.28. The van der Waals surface area contributed by atoms with E-state index in [2.05, 4.69) is 27.2 Å². The molecule has 3 aromatic rings. The van der Waals surface area contributed by atoms with E-state index < -0.39 is 39.2 Å². The van der Waals surface area contributed by atoms with E-state index in [0.717, 1.165) is 37.4 Å². The van der Waals surface area contributed by atoms with Crippen molar-refractivity contribution in [2.45, 2.75) is 81.4 Å². The normalized spacial score (nSPS) is 18.9. The molecular formula is C35H43F2N5O6S. The van der Waals surface area contributed by atoms with E-state index in [4.69, 9.17) is 15.2 Å². The molecule has 5 rings (SSSR count). The number of unbranched alkanes of at least 4 members (excludes halogenated alkanes) is 1. The van der Waals surface area contributed by atoms with Crippen molar-refractivity contribution in [3.63, 3.8) is 0 Å². The molecule has 2 atom stereocenters. The Kier molecular flexibility index (Phi) is 12.2. The summed E-state index contributed by atoms with van der Waals surface area (Å²) in [5.41, 5.74) is 5.41. The van der Waals surface area contributed by atoms with Gasteiger partial charge in [0.05, 0.1) is 16.1 Å². The zero-order chi connectivity index (χ0) is 35.0. The van der Waals surface area contributed by atoms with Gasteiger partial charge in [-0.2, -0.15) is 0 Å². The molecule has 264 valence electrons. The molecule has 0 spiro atoms. The van der Waals surface area contributed by atoms with Gasteiger partial charge >= 0.3 is 6.03 Å². The number of sulfonamides is 1. The summed E-state index contributed by atoms with van der Waals surface area (Å²) in [7, 11) is -3.64. The number of carbonyl (C=O) groups excluding carboxylic acids is 2. The van der Waals surface area contributed by atoms with E-state index in [1.54, 1.807) is 12.1 Å². The van der Waals surface area contributed by atoms with Gasteiger partial charge in [-0.15, -0.1) is 0 Å². The molecule has 2 saturated heterocycles. The first-order valence-corrected chi connectivity index (χ1v) is 18.1. The molecule has 0 aromatic heterocycles. The van der Waals surface area contributed by atoms with Crippen LogP contribution in [-0.2, 0) is 21.3 Å². The number of likely N-dealkylation sites (tertiary alicyclic amines) is 1. The third kappa shape index (κ3) is 9.97. The second-order valence-corrected chi connectivity index (χ2v) is 14.2. The summed E-state index contributed by atoms with van der Waals surface area (Å²) < 4.78 is 67.7. The van der Waals surface area contributed by atoms with Gasteiger partial charge in [-0.1, -0.05) is 31.9 Å². The minimum atomic E-state index is -3.64. The van der Waals surface area contributed by atoms with Crippen molar-refractivity contribution < 1.29 is 36.3 Å². The fraction of sp³-hybridized carbons (Fsp3) is 0.429. The lowest BCUT2D eigenvalue weighted by atomic mass is 9.93. The predicted molar refractivity (Wildman–Crippen MR) is 181 cm³/mol. The van der Waals surface area contributed by atoms with Gasteiger partial charge in [-0.05, 0) is 80.1 Å². The topological polar surface area (TPSA) is 152 Å². The number of anilines is 1. The summed E-state index contributed by atoms with van der Waals surface area (Å²) in [6.45, 7) is 4.65. The van der Waals surface area contributed by atoms with Crippen molar-refractivity contribution in [1.82, 2.24) is 14.9 Å². The molecule has 0 radical (unpaired) electrons. The van der Waals surface area contributed by atoms with Gasteiger partial charge in [0.1, 0.15) is 23.1 Å². The molecule has 3 aromatic carbocycles. The molecular weight excluding hydrogens is 656 g/mol. The minimum Gasteiger partial charge on any atom is -0.457 e. The Morgan fingerprint density at radius 2 is 1.63 bits per heavy atom. The Labute approximate surface area is 285 Å². The third-order valence-electron chi connectivity index (χ3n) is 8.86. The van der Waals surface area contributed by atoms with E-state index >= 15 is 0 Å². The number of urea groups is 1. The highest BCUT2D eigenvalue weighted by molar-refractivity contribution is 7.89. The number of rotatable bonds is 13. The number of nitrogens with zero attached hydrogens (tertiary/aromatic N) is 1. The van der Waals surface area contributed by atoms with E-state index in [-0.39, 0.29) is 28.7 Å². The molecule has 11 nitrogen and oxygen atoms in total. The van der Waals surface area contributed by atoms with Gasteiger partial charge in [0, 0.05) is 50.5 Å².